The lowest BCUT2D eigenvalue weighted by atomic mass is 10.00. The maximum Gasteiger partial charge on any atom is 0.130 e. The number of nitrogens with one attached hydrogen (secondary N) is 2. The third kappa shape index (κ3) is 5.36. The second-order valence-electron chi connectivity index (χ2n) is 8.23. The van der Waals surface area contributed by atoms with Gasteiger partial charge >= 0.3 is 0 Å². The summed E-state index contributed by atoms with van der Waals surface area (Å²) in [7, 11) is 0. The van der Waals surface area contributed by atoms with Crippen LogP contribution in [-0.2, 0) is 13.0 Å². The number of benzene rings is 1. The van der Waals surface area contributed by atoms with E-state index in [1.54, 1.807) is 6.33 Å². The summed E-state index contributed by atoms with van der Waals surface area (Å²) in [5.74, 6) is 0.854. The minimum Gasteiger partial charge on any atom is -0.384 e. The number of aromatic nitrogens is 2. The lowest BCUT2D eigenvalue weighted by Gasteiger charge is -2.39. The van der Waals surface area contributed by atoms with Crippen LogP contribution in [0.4, 0.5) is 5.82 Å². The highest BCUT2D eigenvalue weighted by Gasteiger charge is 2.25. The number of anilines is 1. The number of hydrogen-bond donors (Lipinski definition) is 3. The molecule has 30 heavy (non-hydrogen) atoms. The Hall–Kier alpha value is -2.48. The molecule has 0 spiro atoms. The van der Waals surface area contributed by atoms with Gasteiger partial charge in [0.15, 0.2) is 0 Å². The normalized spacial score (nSPS) is 17.2. The van der Waals surface area contributed by atoms with E-state index in [1.165, 1.54) is 11.1 Å². The molecule has 0 radical (unpaired) electrons. The summed E-state index contributed by atoms with van der Waals surface area (Å²) in [6, 6.07) is 11.2. The average Bonchev–Trinajstić information content (AvgIpc) is 2.75. The molecule has 7 heteroatoms. The van der Waals surface area contributed by atoms with E-state index in [0.29, 0.717) is 12.6 Å². The van der Waals surface area contributed by atoms with Crippen molar-refractivity contribution in [2.24, 2.45) is 5.73 Å². The van der Waals surface area contributed by atoms with Crippen LogP contribution in [0.15, 0.2) is 43.2 Å². The Morgan fingerprint density at radius 3 is 2.80 bits per heavy atom. The molecule has 160 valence electrons. The molecule has 1 aromatic carbocycles. The van der Waals surface area contributed by atoms with E-state index in [0.717, 1.165) is 75.9 Å². The van der Waals surface area contributed by atoms with E-state index in [4.69, 9.17) is 5.73 Å². The first-order valence-electron chi connectivity index (χ1n) is 10.9. The summed E-state index contributed by atoms with van der Waals surface area (Å²) >= 11 is 0. The Morgan fingerprint density at radius 1 is 1.13 bits per heavy atom. The average molecular weight is 408 g/mol. The Labute approximate surface area is 179 Å². The van der Waals surface area contributed by atoms with Crippen LogP contribution in [0, 0.1) is 0 Å². The molecule has 7 nitrogen and oxygen atoms in total. The van der Waals surface area contributed by atoms with Gasteiger partial charge in [-0.2, -0.15) is 0 Å². The van der Waals surface area contributed by atoms with E-state index >= 15 is 0 Å². The molecule has 4 N–H and O–H groups in total. The fourth-order valence-corrected chi connectivity index (χ4v) is 4.21. The van der Waals surface area contributed by atoms with Crippen molar-refractivity contribution >= 4 is 11.5 Å². The van der Waals surface area contributed by atoms with E-state index in [1.807, 2.05) is 6.07 Å². The molecule has 2 aliphatic rings. The standard InChI is InChI=1S/C23H33N7/c1-18(22-13-23(27-17-26-22)28-21-15-30(16-21)12-8-24)25-9-4-10-29-11-7-19-5-2-3-6-20(19)14-29/h2-3,5-6,13,17,21,25H,1,4,7-12,14-16,24H2,(H,26,27,28). The highest BCUT2D eigenvalue weighted by molar-refractivity contribution is 5.60. The van der Waals surface area contributed by atoms with Gasteiger partial charge in [0.05, 0.1) is 17.4 Å². The van der Waals surface area contributed by atoms with Crippen molar-refractivity contribution in [3.05, 3.63) is 60.1 Å². The Bertz CT molecular complexity index is 847. The van der Waals surface area contributed by atoms with Gasteiger partial charge in [-0.25, -0.2) is 9.97 Å². The van der Waals surface area contributed by atoms with Gasteiger partial charge in [0, 0.05) is 58.4 Å². The van der Waals surface area contributed by atoms with Crippen molar-refractivity contribution in [3.63, 3.8) is 0 Å². The molecular formula is C23H33N7. The lowest BCUT2D eigenvalue weighted by molar-refractivity contribution is 0.167. The number of rotatable bonds is 10. The van der Waals surface area contributed by atoms with E-state index in [-0.39, 0.29) is 0 Å². The molecule has 0 aliphatic carbocycles. The smallest absolute Gasteiger partial charge is 0.130 e. The molecule has 1 saturated heterocycles. The van der Waals surface area contributed by atoms with Crippen molar-refractivity contribution < 1.29 is 0 Å². The first-order chi connectivity index (χ1) is 14.7. The zero-order valence-corrected chi connectivity index (χ0v) is 17.7. The van der Waals surface area contributed by atoms with E-state index in [2.05, 4.69) is 61.2 Å². The van der Waals surface area contributed by atoms with E-state index in [9.17, 15) is 0 Å². The number of hydrogen-bond acceptors (Lipinski definition) is 7. The van der Waals surface area contributed by atoms with Crippen LogP contribution in [0.1, 0.15) is 23.2 Å². The SMILES string of the molecule is C=C(NCCCN1CCc2ccccc2C1)c1cc(NC2CN(CCN)C2)ncn1. The van der Waals surface area contributed by atoms with Crippen molar-refractivity contribution in [1.29, 1.82) is 0 Å². The second-order valence-corrected chi connectivity index (χ2v) is 8.23. The van der Waals surface area contributed by atoms with Crippen molar-refractivity contribution in [3.8, 4) is 0 Å². The van der Waals surface area contributed by atoms with Gasteiger partial charge in [-0.1, -0.05) is 30.8 Å². The van der Waals surface area contributed by atoms with Crippen LogP contribution >= 0.6 is 0 Å². The summed E-state index contributed by atoms with van der Waals surface area (Å²) in [4.78, 5) is 13.6. The first-order valence-corrected chi connectivity index (χ1v) is 10.9. The molecule has 0 atom stereocenters. The quantitative estimate of drug-likeness (QED) is 0.515. The zero-order valence-electron chi connectivity index (χ0n) is 17.7. The fourth-order valence-electron chi connectivity index (χ4n) is 4.21. The molecule has 0 saturated carbocycles. The van der Waals surface area contributed by atoms with Gasteiger partial charge in [0.2, 0.25) is 0 Å². The van der Waals surface area contributed by atoms with Crippen LogP contribution in [0.25, 0.3) is 5.70 Å². The predicted molar refractivity (Wildman–Crippen MR) is 122 cm³/mol. The number of nitrogens with two attached hydrogens (primary N) is 1. The summed E-state index contributed by atoms with van der Waals surface area (Å²) in [5.41, 5.74) is 10.3. The molecule has 0 bridgehead atoms. The van der Waals surface area contributed by atoms with Gasteiger partial charge in [-0.05, 0) is 24.0 Å². The van der Waals surface area contributed by atoms with Crippen LogP contribution < -0.4 is 16.4 Å². The van der Waals surface area contributed by atoms with Gasteiger partial charge in [-0.3, -0.25) is 9.80 Å². The monoisotopic (exact) mass is 407 g/mol. The molecule has 2 aromatic rings. The minimum absolute atomic E-state index is 0.426. The Balaban J connectivity index is 1.18. The maximum absolute atomic E-state index is 5.60. The third-order valence-corrected chi connectivity index (χ3v) is 5.93. The van der Waals surface area contributed by atoms with Gasteiger partial charge in [0.1, 0.15) is 12.1 Å². The highest BCUT2D eigenvalue weighted by Crippen LogP contribution is 2.19. The molecule has 1 aromatic heterocycles. The highest BCUT2D eigenvalue weighted by atomic mass is 15.3. The van der Waals surface area contributed by atoms with Crippen LogP contribution in [0.3, 0.4) is 0 Å². The largest absolute Gasteiger partial charge is 0.384 e. The van der Waals surface area contributed by atoms with Gasteiger partial charge in [-0.15, -0.1) is 0 Å². The second kappa shape index (κ2) is 10.0. The lowest BCUT2D eigenvalue weighted by Crippen LogP contribution is -2.55. The van der Waals surface area contributed by atoms with Crippen molar-refractivity contribution in [2.45, 2.75) is 25.4 Å². The van der Waals surface area contributed by atoms with Crippen LogP contribution in [0.5, 0.6) is 0 Å². The first kappa shape index (κ1) is 20.8. The van der Waals surface area contributed by atoms with Gasteiger partial charge < -0.3 is 16.4 Å². The minimum atomic E-state index is 0.426. The summed E-state index contributed by atoms with van der Waals surface area (Å²) in [5, 5.41) is 6.90. The maximum atomic E-state index is 5.60. The molecule has 4 rings (SSSR count). The number of likely N-dealkylation sites (tertiary alicyclic amines) is 1. The van der Waals surface area contributed by atoms with Crippen molar-refractivity contribution in [1.82, 2.24) is 25.1 Å². The van der Waals surface area contributed by atoms with Crippen LogP contribution in [0.2, 0.25) is 0 Å². The number of nitrogens with zero attached hydrogens (tertiary/aromatic N) is 4. The topological polar surface area (TPSA) is 82.3 Å². The zero-order chi connectivity index (χ0) is 20.8. The summed E-state index contributed by atoms with van der Waals surface area (Å²) in [6.45, 7) is 12.0. The Kier molecular flexibility index (Phi) is 6.94. The van der Waals surface area contributed by atoms with Gasteiger partial charge in [0.25, 0.3) is 0 Å². The molecule has 0 amide bonds. The molecular weight excluding hydrogens is 374 g/mol. The molecule has 2 aliphatic heterocycles. The summed E-state index contributed by atoms with van der Waals surface area (Å²) < 4.78 is 0. The molecule has 3 heterocycles. The van der Waals surface area contributed by atoms with E-state index < -0.39 is 0 Å². The number of fused-ring (bicyclic) bond motifs is 1. The fraction of sp³-hybridized carbons (Fsp3) is 0.478. The van der Waals surface area contributed by atoms with Crippen LogP contribution in [-0.4, -0.2) is 71.6 Å². The molecule has 0 unspecified atom stereocenters. The Morgan fingerprint density at radius 2 is 1.97 bits per heavy atom. The predicted octanol–water partition coefficient (Wildman–Crippen LogP) is 1.54. The van der Waals surface area contributed by atoms with Crippen molar-refractivity contribution in [2.75, 3.05) is 51.1 Å². The third-order valence-electron chi connectivity index (χ3n) is 5.93. The molecule has 1 fully saturated rings. The summed E-state index contributed by atoms with van der Waals surface area (Å²) in [6.07, 6.45) is 3.83.